The van der Waals surface area contributed by atoms with Gasteiger partial charge in [0.2, 0.25) is 5.91 Å². The van der Waals surface area contributed by atoms with Crippen molar-refractivity contribution in [3.05, 3.63) is 59.4 Å². The Morgan fingerprint density at radius 2 is 1.73 bits per heavy atom. The molecule has 1 fully saturated rings. The van der Waals surface area contributed by atoms with E-state index in [1.165, 1.54) is 43.2 Å². The fraction of sp³-hybridized carbons (Fsp3) is 0.417. The van der Waals surface area contributed by atoms with E-state index >= 15 is 0 Å². The average molecular weight is 427 g/mol. The number of carbonyl (C=O) groups excluding carboxylic acids is 2. The molecule has 0 radical (unpaired) electrons. The smallest absolute Gasteiger partial charge is 0.251 e. The second kappa shape index (κ2) is 9.65. The predicted octanol–water partition coefficient (Wildman–Crippen LogP) is 5.31. The highest BCUT2D eigenvalue weighted by atomic mass is 32.2. The number of hydrogen-bond acceptors (Lipinski definition) is 3. The molecule has 0 aromatic heterocycles. The summed E-state index contributed by atoms with van der Waals surface area (Å²) in [5.41, 5.74) is 2.19. The van der Waals surface area contributed by atoms with E-state index in [1.807, 2.05) is 18.2 Å². The molecular weight excluding hydrogens is 399 g/mol. The minimum absolute atomic E-state index is 0.00518. The van der Waals surface area contributed by atoms with Crippen LogP contribution < -0.4 is 10.2 Å². The number of rotatable bonds is 4. The molecule has 1 aliphatic carbocycles. The van der Waals surface area contributed by atoms with Crippen LogP contribution in [-0.4, -0.2) is 23.6 Å². The second-order valence-electron chi connectivity index (χ2n) is 8.09. The van der Waals surface area contributed by atoms with Gasteiger partial charge in [0.1, 0.15) is 5.82 Å². The summed E-state index contributed by atoms with van der Waals surface area (Å²) in [6, 6.07) is 12.0. The van der Waals surface area contributed by atoms with Crippen LogP contribution in [0, 0.1) is 5.82 Å². The molecule has 6 heteroatoms. The van der Waals surface area contributed by atoms with Gasteiger partial charge in [0.15, 0.2) is 0 Å². The first kappa shape index (κ1) is 20.9. The van der Waals surface area contributed by atoms with Crippen molar-refractivity contribution in [3.8, 4) is 0 Å². The Hall–Kier alpha value is -2.34. The molecule has 1 N–H and O–H groups in total. The van der Waals surface area contributed by atoms with Gasteiger partial charge >= 0.3 is 0 Å². The molecular formula is C24H27FN2O2S. The van der Waals surface area contributed by atoms with Gasteiger partial charge in [-0.05, 0) is 48.7 Å². The molecule has 0 spiro atoms. The quantitative estimate of drug-likeness (QED) is 0.721. The lowest BCUT2D eigenvalue weighted by Crippen LogP contribution is -2.37. The monoisotopic (exact) mass is 426 g/mol. The van der Waals surface area contributed by atoms with E-state index in [0.717, 1.165) is 41.8 Å². The molecule has 4 rings (SSSR count). The Morgan fingerprint density at radius 3 is 2.47 bits per heavy atom. The first-order chi connectivity index (χ1) is 14.6. The van der Waals surface area contributed by atoms with Crippen LogP contribution in [0.4, 0.5) is 10.1 Å². The first-order valence-corrected chi connectivity index (χ1v) is 11.7. The van der Waals surface area contributed by atoms with Crippen LogP contribution in [0.1, 0.15) is 60.9 Å². The highest BCUT2D eigenvalue weighted by Gasteiger charge is 2.26. The summed E-state index contributed by atoms with van der Waals surface area (Å²) >= 11 is 1.49. The maximum Gasteiger partial charge on any atom is 0.251 e. The van der Waals surface area contributed by atoms with Crippen LogP contribution in [-0.2, 0) is 11.3 Å². The molecule has 1 heterocycles. The summed E-state index contributed by atoms with van der Waals surface area (Å²) in [5, 5.41) is 3.20. The van der Waals surface area contributed by atoms with Crippen molar-refractivity contribution in [2.45, 2.75) is 62.4 Å². The molecule has 4 nitrogen and oxygen atoms in total. The van der Waals surface area contributed by atoms with Gasteiger partial charge in [-0.2, -0.15) is 0 Å². The van der Waals surface area contributed by atoms with Gasteiger partial charge in [0.05, 0.1) is 18.0 Å². The standard InChI is InChI=1S/C24H27FN2O2S/c25-19-11-8-17(9-12-19)15-27-21-14-18(10-13-22(21)30-16-23(27)28)24(29)26-20-6-4-2-1-3-5-7-20/h8-14,20H,1-7,15-16H2,(H,26,29). The van der Waals surface area contributed by atoms with Crippen LogP contribution in [0.5, 0.6) is 0 Å². The largest absolute Gasteiger partial charge is 0.349 e. The molecule has 2 aromatic rings. The predicted molar refractivity (Wildman–Crippen MR) is 118 cm³/mol. The van der Waals surface area contributed by atoms with Crippen LogP contribution in [0.15, 0.2) is 47.4 Å². The summed E-state index contributed by atoms with van der Waals surface area (Å²) in [6.45, 7) is 0.361. The molecule has 2 aliphatic rings. The van der Waals surface area contributed by atoms with Crippen LogP contribution in [0.25, 0.3) is 0 Å². The normalized spacial score (nSPS) is 17.8. The van der Waals surface area contributed by atoms with Gasteiger partial charge in [-0.25, -0.2) is 4.39 Å². The number of halogens is 1. The number of amides is 2. The van der Waals surface area contributed by atoms with Crippen LogP contribution in [0.3, 0.4) is 0 Å². The number of nitrogens with zero attached hydrogens (tertiary/aromatic N) is 1. The first-order valence-electron chi connectivity index (χ1n) is 10.7. The Labute approximate surface area is 181 Å². The molecule has 1 saturated carbocycles. The summed E-state index contributed by atoms with van der Waals surface area (Å²) in [6.07, 6.45) is 8.15. The van der Waals surface area contributed by atoms with Crippen molar-refractivity contribution < 1.29 is 14.0 Å². The van der Waals surface area contributed by atoms with E-state index in [4.69, 9.17) is 0 Å². The SMILES string of the molecule is O=C(NC1CCCCCCC1)c1ccc2c(c1)N(Cc1ccc(F)cc1)C(=O)CS2. The zero-order valence-electron chi connectivity index (χ0n) is 17.0. The zero-order chi connectivity index (χ0) is 20.9. The fourth-order valence-corrected chi connectivity index (χ4v) is 5.07. The third-order valence-electron chi connectivity index (χ3n) is 5.86. The summed E-state index contributed by atoms with van der Waals surface area (Å²) in [7, 11) is 0. The number of carbonyl (C=O) groups is 2. The number of nitrogens with one attached hydrogen (secondary N) is 1. The lowest BCUT2D eigenvalue weighted by Gasteiger charge is -2.29. The van der Waals surface area contributed by atoms with Crippen molar-refractivity contribution in [2.75, 3.05) is 10.7 Å². The minimum atomic E-state index is -0.298. The van der Waals surface area contributed by atoms with Gasteiger partial charge in [-0.3, -0.25) is 9.59 Å². The van der Waals surface area contributed by atoms with Crippen molar-refractivity contribution >= 4 is 29.3 Å². The number of anilines is 1. The Kier molecular flexibility index (Phi) is 6.72. The Bertz CT molecular complexity index is 908. The van der Waals surface area contributed by atoms with E-state index in [9.17, 15) is 14.0 Å². The van der Waals surface area contributed by atoms with E-state index in [2.05, 4.69) is 5.32 Å². The van der Waals surface area contributed by atoms with Gasteiger partial charge in [-0.15, -0.1) is 11.8 Å². The van der Waals surface area contributed by atoms with Crippen molar-refractivity contribution in [2.24, 2.45) is 0 Å². The molecule has 2 aromatic carbocycles. The highest BCUT2D eigenvalue weighted by Crippen LogP contribution is 2.37. The number of benzene rings is 2. The summed E-state index contributed by atoms with van der Waals surface area (Å²) in [4.78, 5) is 28.2. The third-order valence-corrected chi connectivity index (χ3v) is 6.91. The van der Waals surface area contributed by atoms with E-state index < -0.39 is 0 Å². The molecule has 0 saturated heterocycles. The lowest BCUT2D eigenvalue weighted by molar-refractivity contribution is -0.116. The van der Waals surface area contributed by atoms with E-state index in [0.29, 0.717) is 17.9 Å². The molecule has 0 unspecified atom stereocenters. The minimum Gasteiger partial charge on any atom is -0.349 e. The van der Waals surface area contributed by atoms with Crippen LogP contribution in [0.2, 0.25) is 0 Å². The molecule has 0 atom stereocenters. The Morgan fingerprint density at radius 1 is 1.03 bits per heavy atom. The maximum atomic E-state index is 13.2. The van der Waals surface area contributed by atoms with Crippen LogP contribution >= 0.6 is 11.8 Å². The van der Waals surface area contributed by atoms with Crippen molar-refractivity contribution in [1.29, 1.82) is 0 Å². The highest BCUT2D eigenvalue weighted by molar-refractivity contribution is 8.00. The third kappa shape index (κ3) is 5.04. The number of thioether (sulfide) groups is 1. The van der Waals surface area contributed by atoms with Gasteiger partial charge in [0.25, 0.3) is 5.91 Å². The van der Waals surface area contributed by atoms with Gasteiger partial charge in [0, 0.05) is 16.5 Å². The number of hydrogen-bond donors (Lipinski definition) is 1. The topological polar surface area (TPSA) is 49.4 Å². The lowest BCUT2D eigenvalue weighted by atomic mass is 9.96. The molecule has 1 aliphatic heterocycles. The zero-order valence-corrected chi connectivity index (χ0v) is 17.8. The second-order valence-corrected chi connectivity index (χ2v) is 9.11. The molecule has 30 heavy (non-hydrogen) atoms. The van der Waals surface area contributed by atoms with E-state index in [-0.39, 0.29) is 23.7 Å². The van der Waals surface area contributed by atoms with Gasteiger partial charge in [-0.1, -0.05) is 44.2 Å². The van der Waals surface area contributed by atoms with Gasteiger partial charge < -0.3 is 10.2 Å². The Balaban J connectivity index is 1.52. The molecule has 2 amide bonds. The molecule has 0 bridgehead atoms. The summed E-state index contributed by atoms with van der Waals surface area (Å²) in [5.74, 6) is -0.0164. The molecule has 158 valence electrons. The number of fused-ring (bicyclic) bond motifs is 1. The van der Waals surface area contributed by atoms with Crippen molar-refractivity contribution in [1.82, 2.24) is 5.32 Å². The fourth-order valence-electron chi connectivity index (χ4n) is 4.16. The summed E-state index contributed by atoms with van der Waals surface area (Å²) < 4.78 is 13.2. The van der Waals surface area contributed by atoms with E-state index in [1.54, 1.807) is 17.0 Å². The van der Waals surface area contributed by atoms with Crippen molar-refractivity contribution in [3.63, 3.8) is 0 Å². The maximum absolute atomic E-state index is 13.2. The average Bonchev–Trinajstić information content (AvgIpc) is 2.73.